The van der Waals surface area contributed by atoms with Gasteiger partial charge in [-0.05, 0) is 200 Å². The lowest BCUT2D eigenvalue weighted by Crippen LogP contribution is -1.97. The van der Waals surface area contributed by atoms with Gasteiger partial charge in [0.05, 0.1) is 66.9 Å². The summed E-state index contributed by atoms with van der Waals surface area (Å²) in [6, 6.07) is 182. The van der Waals surface area contributed by atoms with E-state index in [1.807, 2.05) is 30.3 Å². The Morgan fingerprint density at radius 3 is 0.544 bits per heavy atom. The number of fused-ring (bicyclic) bond motifs is 12. The van der Waals surface area contributed by atoms with Gasteiger partial charge >= 0.3 is 0 Å². The fourth-order valence-electron chi connectivity index (χ4n) is 20.0. The summed E-state index contributed by atoms with van der Waals surface area (Å²) in [6.07, 6.45) is 0. The normalized spacial score (nSPS) is 11.5. The van der Waals surface area contributed by atoms with Crippen molar-refractivity contribution in [2.75, 3.05) is 0 Å². The van der Waals surface area contributed by atoms with Crippen LogP contribution in [0.1, 0.15) is 0 Å². The molecule has 0 aliphatic carbocycles. The van der Waals surface area contributed by atoms with Gasteiger partial charge in [-0.2, -0.15) is 0 Å². The average molecular weight is 1730 g/mol. The molecule has 0 atom stereocenters. The van der Waals surface area contributed by atoms with Gasteiger partial charge in [-0.1, -0.05) is 376 Å². The Hall–Kier alpha value is -18.2. The molecular formula is C128H84N8. The van der Waals surface area contributed by atoms with Crippen molar-refractivity contribution in [2.45, 2.75) is 0 Å². The molecule has 0 N–H and O–H groups in total. The Morgan fingerprint density at radius 1 is 0.110 bits per heavy atom. The molecular weight excluding hydrogens is 1650 g/mol. The Labute approximate surface area is 786 Å². The topological polar surface area (TPSA) is 71.3 Å². The quantitative estimate of drug-likeness (QED) is 0.0966. The van der Waals surface area contributed by atoms with E-state index in [0.717, 1.165) is 95.5 Å². The number of benzene rings is 20. The minimum Gasteiger partial charge on any atom is -0.309 e. The molecule has 26 aromatic rings. The summed E-state index contributed by atoms with van der Waals surface area (Å²) in [7, 11) is 0. The van der Waals surface area contributed by atoms with Gasteiger partial charge in [-0.15, -0.1) is 0 Å². The largest absolute Gasteiger partial charge is 0.309 e. The molecule has 0 aliphatic rings. The van der Waals surface area contributed by atoms with E-state index in [9.17, 15) is 0 Å². The van der Waals surface area contributed by atoms with Gasteiger partial charge < -0.3 is 18.3 Å². The van der Waals surface area contributed by atoms with Crippen molar-refractivity contribution < 1.29 is 0 Å². The Morgan fingerprint density at radius 2 is 0.279 bits per heavy atom. The summed E-state index contributed by atoms with van der Waals surface area (Å²) < 4.78 is 9.53. The highest BCUT2D eigenvalue weighted by Crippen LogP contribution is 2.44. The van der Waals surface area contributed by atoms with Crippen LogP contribution in [-0.2, 0) is 0 Å². The van der Waals surface area contributed by atoms with Crippen LogP contribution in [-0.4, -0.2) is 38.2 Å². The monoisotopic (exact) mass is 1730 g/mol. The van der Waals surface area contributed by atoms with Crippen molar-refractivity contribution in [3.8, 4) is 157 Å². The van der Waals surface area contributed by atoms with Crippen LogP contribution in [0.2, 0.25) is 0 Å². The maximum Gasteiger partial charge on any atom is 0.160 e. The maximum absolute atomic E-state index is 5.24. The lowest BCUT2D eigenvalue weighted by atomic mass is 10.0. The van der Waals surface area contributed by atoms with E-state index in [2.05, 4.69) is 498 Å². The van der Waals surface area contributed by atoms with E-state index in [-0.39, 0.29) is 0 Å². The Kier molecular flexibility index (Phi) is 20.1. The fourth-order valence-corrected chi connectivity index (χ4v) is 20.0. The number of hydrogen-bond acceptors (Lipinski definition) is 4. The molecule has 636 valence electrons. The molecule has 136 heavy (non-hydrogen) atoms. The first-order valence-electron chi connectivity index (χ1n) is 46.3. The maximum atomic E-state index is 5.24. The van der Waals surface area contributed by atoms with Crippen LogP contribution < -0.4 is 0 Å². The van der Waals surface area contributed by atoms with Crippen LogP contribution in [0.3, 0.4) is 0 Å². The third-order valence-corrected chi connectivity index (χ3v) is 26.8. The zero-order valence-corrected chi connectivity index (χ0v) is 74.1. The molecule has 0 spiro atoms. The highest BCUT2D eigenvalue weighted by molar-refractivity contribution is 6.15. The van der Waals surface area contributed by atoms with Crippen molar-refractivity contribution >= 4 is 87.2 Å². The smallest absolute Gasteiger partial charge is 0.160 e. The van der Waals surface area contributed by atoms with Crippen molar-refractivity contribution in [1.82, 2.24) is 38.2 Å². The van der Waals surface area contributed by atoms with Gasteiger partial charge in [0.15, 0.2) is 11.6 Å². The molecule has 6 aromatic heterocycles. The Balaban J connectivity index is 0.000000147. The van der Waals surface area contributed by atoms with Crippen LogP contribution >= 0.6 is 0 Å². The van der Waals surface area contributed by atoms with Gasteiger partial charge in [-0.3, -0.25) is 0 Å². The second-order valence-corrected chi connectivity index (χ2v) is 34.8. The van der Waals surface area contributed by atoms with Crippen molar-refractivity contribution in [3.05, 3.63) is 510 Å². The van der Waals surface area contributed by atoms with Crippen molar-refractivity contribution in [1.29, 1.82) is 0 Å². The number of hydrogen-bond donors (Lipinski definition) is 0. The van der Waals surface area contributed by atoms with Gasteiger partial charge in [0.1, 0.15) is 0 Å². The highest BCUT2D eigenvalue weighted by Gasteiger charge is 2.23. The summed E-state index contributed by atoms with van der Waals surface area (Å²) in [5.74, 6) is 1.39. The summed E-state index contributed by atoms with van der Waals surface area (Å²) in [4.78, 5) is 20.7. The minimum absolute atomic E-state index is 0.685. The van der Waals surface area contributed by atoms with Crippen LogP contribution in [0.25, 0.3) is 245 Å². The molecule has 0 radical (unpaired) electrons. The molecule has 26 rings (SSSR count). The predicted octanol–water partition coefficient (Wildman–Crippen LogP) is 33.3. The predicted molar refractivity (Wildman–Crippen MR) is 567 cm³/mol. The van der Waals surface area contributed by atoms with Crippen LogP contribution in [0, 0.1) is 0 Å². The summed E-state index contributed by atoms with van der Waals surface area (Å²) >= 11 is 0. The first-order chi connectivity index (χ1) is 67.4. The minimum atomic E-state index is 0.685. The second-order valence-electron chi connectivity index (χ2n) is 34.8. The molecule has 0 unspecified atom stereocenters. The standard InChI is InChI=1S/C70H46N4.C58H38N4/c1-4-14-47(15-5-1)50-24-28-53(29-25-50)64-46-65(72-70(71-64)55-30-26-51(27-31-55)48-16-6-2-7-17-48)54-34-40-59(41-35-54)74-67-23-13-11-21-61(67)63-45-57(37-43-69(63)74)56-36-42-68-62(44-56)60-20-10-12-22-66(60)73(68)58-38-32-52(33-39-58)49-18-8-3-9-19-49;1-4-14-39(15-5-1)40-24-26-41(27-25-40)52-38-53(60-58(59-52)43-16-6-2-7-17-43)42-28-32-47(33-29-42)62-55-23-13-11-21-49(55)51-37-45(31-35-57(51)62)44-30-34-56-50(36-44)48-20-10-12-22-54(48)61(56)46-18-8-3-9-19-46/h1-46H;1-38H. The number of aromatic nitrogens is 8. The molecule has 0 bridgehead atoms. The zero-order chi connectivity index (χ0) is 89.9. The average Bonchev–Trinajstić information content (AvgIpc) is 1.57. The van der Waals surface area contributed by atoms with E-state index in [4.69, 9.17) is 19.9 Å². The number of nitrogens with zero attached hydrogens (tertiary/aromatic N) is 8. The van der Waals surface area contributed by atoms with Gasteiger partial charge in [0.25, 0.3) is 0 Å². The van der Waals surface area contributed by atoms with E-state index >= 15 is 0 Å². The number of para-hydroxylation sites is 5. The van der Waals surface area contributed by atoms with Crippen molar-refractivity contribution in [3.63, 3.8) is 0 Å². The fraction of sp³-hybridized carbons (Fsp3) is 0. The van der Waals surface area contributed by atoms with Gasteiger partial charge in [0, 0.05) is 99.2 Å². The van der Waals surface area contributed by atoms with Crippen LogP contribution in [0.15, 0.2) is 510 Å². The zero-order valence-electron chi connectivity index (χ0n) is 74.1. The van der Waals surface area contributed by atoms with Crippen LogP contribution in [0.4, 0.5) is 0 Å². The first-order valence-corrected chi connectivity index (χ1v) is 46.3. The first kappa shape index (κ1) is 79.9. The van der Waals surface area contributed by atoms with Crippen molar-refractivity contribution in [2.24, 2.45) is 0 Å². The Bertz CT molecular complexity index is 8880. The molecule has 0 aliphatic heterocycles. The molecule has 8 nitrogen and oxygen atoms in total. The lowest BCUT2D eigenvalue weighted by molar-refractivity contribution is 1.17. The summed E-state index contributed by atoms with van der Waals surface area (Å²) in [6.45, 7) is 0. The van der Waals surface area contributed by atoms with Gasteiger partial charge in [0.2, 0.25) is 0 Å². The summed E-state index contributed by atoms with van der Waals surface area (Å²) in [5.41, 5.74) is 37.8. The molecule has 6 heterocycles. The van der Waals surface area contributed by atoms with E-state index in [1.54, 1.807) is 0 Å². The molecule has 0 saturated heterocycles. The van der Waals surface area contributed by atoms with E-state index in [0.29, 0.717) is 11.6 Å². The molecule has 0 saturated carbocycles. The van der Waals surface area contributed by atoms with E-state index < -0.39 is 0 Å². The van der Waals surface area contributed by atoms with Crippen LogP contribution in [0.5, 0.6) is 0 Å². The SMILES string of the molecule is c1ccc(-c2ccc(-c3cc(-c4ccc(-n5c6ccccc6c6cc(-c7ccc8c(c7)c7ccccc7n8-c7ccc(-c8ccccc8)cc7)ccc65)cc4)nc(-c4ccc(-c5ccccc5)cc4)n3)cc2)cc1.c1ccc(-c2ccc(-c3cc(-c4ccc(-n5c6ccccc6c6cc(-c7ccc8c(c7)c7ccccc7n8-c7ccccc7)ccc65)cc4)nc(-c4ccccc4)n3)cc2)cc1. The number of rotatable bonds is 16. The highest BCUT2D eigenvalue weighted by atomic mass is 15.0. The summed E-state index contributed by atoms with van der Waals surface area (Å²) in [5, 5.41) is 9.84. The second kappa shape index (κ2) is 34.2. The molecule has 8 heteroatoms. The third-order valence-electron chi connectivity index (χ3n) is 26.8. The molecule has 0 fully saturated rings. The molecule has 20 aromatic carbocycles. The van der Waals surface area contributed by atoms with Gasteiger partial charge in [-0.25, -0.2) is 19.9 Å². The lowest BCUT2D eigenvalue weighted by Gasteiger charge is -2.12. The van der Waals surface area contributed by atoms with E-state index in [1.165, 1.54) is 137 Å². The molecule has 0 amide bonds. The third kappa shape index (κ3) is 14.7.